The van der Waals surface area contributed by atoms with E-state index < -0.39 is 17.7 Å². The predicted molar refractivity (Wildman–Crippen MR) is 140 cm³/mol. The number of hydrogen-bond acceptors (Lipinski definition) is 5. The van der Waals surface area contributed by atoms with Crippen LogP contribution in [0.5, 0.6) is 11.5 Å². The molecule has 1 unspecified atom stereocenters. The van der Waals surface area contributed by atoms with Crippen molar-refractivity contribution in [2.45, 2.75) is 40.7 Å². The van der Waals surface area contributed by atoms with Crippen LogP contribution in [0, 0.1) is 26.7 Å². The van der Waals surface area contributed by atoms with Crippen LogP contribution in [0.1, 0.15) is 47.7 Å². The standard InChI is InChI=1S/C30H31NO5/c1-17(2)16-36-25-11-8-22(15-20(25)5)28(33)26-27(21-6-9-24(32)10-7-21)31(30(35)29(26)34)23-13-18(3)12-19(4)14-23/h6-15,17,27,32-33H,16H2,1-5H3/b28-26-. The van der Waals surface area contributed by atoms with Crippen molar-refractivity contribution in [1.29, 1.82) is 0 Å². The molecule has 2 N–H and O–H groups in total. The van der Waals surface area contributed by atoms with Crippen LogP contribution in [-0.4, -0.2) is 28.5 Å². The van der Waals surface area contributed by atoms with E-state index in [1.165, 1.54) is 17.0 Å². The number of aliphatic hydroxyl groups is 1. The van der Waals surface area contributed by atoms with Crippen LogP contribution in [0.2, 0.25) is 0 Å². The number of anilines is 1. The van der Waals surface area contributed by atoms with Crippen LogP contribution in [0.3, 0.4) is 0 Å². The Bertz CT molecular complexity index is 1330. The number of carbonyl (C=O) groups excluding carboxylic acids is 2. The Morgan fingerprint density at radius 2 is 1.58 bits per heavy atom. The van der Waals surface area contributed by atoms with Crippen molar-refractivity contribution in [2.75, 3.05) is 11.5 Å². The fourth-order valence-corrected chi connectivity index (χ4v) is 4.53. The van der Waals surface area contributed by atoms with Gasteiger partial charge in [-0.25, -0.2) is 0 Å². The van der Waals surface area contributed by atoms with Crippen molar-refractivity contribution in [1.82, 2.24) is 0 Å². The molecule has 36 heavy (non-hydrogen) atoms. The first kappa shape index (κ1) is 25.0. The summed E-state index contributed by atoms with van der Waals surface area (Å²) in [7, 11) is 0. The number of nitrogens with zero attached hydrogens (tertiary/aromatic N) is 1. The number of Topliss-reactive ketones (excluding diaryl/α,β-unsaturated/α-hetero) is 1. The van der Waals surface area contributed by atoms with Gasteiger partial charge in [0.25, 0.3) is 11.7 Å². The van der Waals surface area contributed by atoms with Gasteiger partial charge in [0.05, 0.1) is 18.2 Å². The summed E-state index contributed by atoms with van der Waals surface area (Å²) in [5.41, 5.74) is 4.30. The summed E-state index contributed by atoms with van der Waals surface area (Å²) in [6.45, 7) is 10.4. The Morgan fingerprint density at radius 1 is 0.944 bits per heavy atom. The molecular weight excluding hydrogens is 454 g/mol. The third-order valence-electron chi connectivity index (χ3n) is 6.16. The molecule has 0 saturated carbocycles. The number of aliphatic hydroxyl groups excluding tert-OH is 1. The van der Waals surface area contributed by atoms with Gasteiger partial charge in [-0.1, -0.05) is 32.0 Å². The van der Waals surface area contributed by atoms with E-state index >= 15 is 0 Å². The highest BCUT2D eigenvalue weighted by molar-refractivity contribution is 6.51. The number of aryl methyl sites for hydroxylation is 3. The highest BCUT2D eigenvalue weighted by atomic mass is 16.5. The first-order valence-electron chi connectivity index (χ1n) is 12.0. The van der Waals surface area contributed by atoms with Crippen molar-refractivity contribution in [3.63, 3.8) is 0 Å². The summed E-state index contributed by atoms with van der Waals surface area (Å²) in [5, 5.41) is 21.2. The van der Waals surface area contributed by atoms with E-state index in [0.29, 0.717) is 35.1 Å². The molecule has 1 saturated heterocycles. The molecule has 6 heteroatoms. The number of phenolic OH excluding ortho intramolecular Hbond substituents is 1. The lowest BCUT2D eigenvalue weighted by Crippen LogP contribution is -2.29. The molecule has 1 amide bonds. The average molecular weight is 486 g/mol. The molecule has 186 valence electrons. The van der Waals surface area contributed by atoms with Crippen molar-refractivity contribution >= 4 is 23.1 Å². The molecule has 0 radical (unpaired) electrons. The number of benzene rings is 3. The van der Waals surface area contributed by atoms with E-state index in [2.05, 4.69) is 13.8 Å². The Kier molecular flexibility index (Phi) is 6.88. The van der Waals surface area contributed by atoms with E-state index in [-0.39, 0.29) is 17.1 Å². The number of ketones is 1. The first-order valence-corrected chi connectivity index (χ1v) is 12.0. The lowest BCUT2D eigenvalue weighted by Gasteiger charge is -2.26. The number of aromatic hydroxyl groups is 1. The number of phenols is 1. The number of rotatable bonds is 6. The summed E-state index contributed by atoms with van der Waals surface area (Å²) in [6, 6.07) is 16.3. The van der Waals surface area contributed by atoms with Gasteiger partial charge in [-0.3, -0.25) is 14.5 Å². The number of hydrogen-bond donors (Lipinski definition) is 2. The smallest absolute Gasteiger partial charge is 0.300 e. The summed E-state index contributed by atoms with van der Waals surface area (Å²) >= 11 is 0. The van der Waals surface area contributed by atoms with E-state index in [0.717, 1.165) is 16.7 Å². The normalized spacial score (nSPS) is 17.2. The van der Waals surface area contributed by atoms with Gasteiger partial charge in [0.15, 0.2) is 0 Å². The molecule has 3 aromatic carbocycles. The first-order chi connectivity index (χ1) is 17.1. The Balaban J connectivity index is 1.87. The molecule has 0 spiro atoms. The van der Waals surface area contributed by atoms with Crippen LogP contribution in [0.4, 0.5) is 5.69 Å². The molecule has 3 aromatic rings. The maximum atomic E-state index is 13.4. The Morgan fingerprint density at radius 3 is 2.17 bits per heavy atom. The van der Waals surface area contributed by atoms with Crippen LogP contribution in [0.25, 0.3) is 5.76 Å². The van der Waals surface area contributed by atoms with Gasteiger partial charge in [-0.05, 0) is 91.4 Å². The van der Waals surface area contributed by atoms with E-state index in [4.69, 9.17) is 4.74 Å². The van der Waals surface area contributed by atoms with Crippen LogP contribution in [0.15, 0.2) is 66.2 Å². The lowest BCUT2D eigenvalue weighted by molar-refractivity contribution is -0.132. The zero-order valence-electron chi connectivity index (χ0n) is 21.2. The summed E-state index contributed by atoms with van der Waals surface area (Å²) in [4.78, 5) is 28.2. The van der Waals surface area contributed by atoms with E-state index in [1.54, 1.807) is 30.3 Å². The molecular formula is C30H31NO5. The van der Waals surface area contributed by atoms with Crippen molar-refractivity contribution < 1.29 is 24.5 Å². The maximum absolute atomic E-state index is 13.4. The zero-order valence-corrected chi connectivity index (χ0v) is 21.2. The molecule has 0 bridgehead atoms. The Labute approximate surface area is 211 Å². The molecule has 0 aliphatic carbocycles. The van der Waals surface area contributed by atoms with E-state index in [9.17, 15) is 19.8 Å². The van der Waals surface area contributed by atoms with Gasteiger partial charge < -0.3 is 14.9 Å². The molecule has 1 heterocycles. The zero-order chi connectivity index (χ0) is 26.1. The predicted octanol–water partition coefficient (Wildman–Crippen LogP) is 5.98. The van der Waals surface area contributed by atoms with E-state index in [1.807, 2.05) is 39.0 Å². The minimum absolute atomic E-state index is 0.0000905. The highest BCUT2D eigenvalue weighted by Gasteiger charge is 2.47. The SMILES string of the molecule is Cc1cc(C)cc(N2C(=O)C(=O)/C(=C(\O)c3ccc(OCC(C)C)c(C)c3)C2c2ccc(O)cc2)c1. The summed E-state index contributed by atoms with van der Waals surface area (Å²) in [5.74, 6) is -0.600. The van der Waals surface area contributed by atoms with Crippen molar-refractivity contribution in [3.05, 3.63) is 94.1 Å². The van der Waals surface area contributed by atoms with Gasteiger partial charge in [0, 0.05) is 11.3 Å². The monoisotopic (exact) mass is 485 g/mol. The molecule has 6 nitrogen and oxygen atoms in total. The van der Waals surface area contributed by atoms with Gasteiger partial charge in [-0.2, -0.15) is 0 Å². The van der Waals surface area contributed by atoms with Gasteiger partial charge in [-0.15, -0.1) is 0 Å². The minimum Gasteiger partial charge on any atom is -0.508 e. The molecule has 1 aliphatic heterocycles. The van der Waals surface area contributed by atoms with Crippen molar-refractivity contribution in [3.8, 4) is 11.5 Å². The third-order valence-corrected chi connectivity index (χ3v) is 6.16. The number of amides is 1. The van der Waals surface area contributed by atoms with Crippen molar-refractivity contribution in [2.24, 2.45) is 5.92 Å². The Hall–Kier alpha value is -4.06. The summed E-state index contributed by atoms with van der Waals surface area (Å²) < 4.78 is 5.84. The van der Waals surface area contributed by atoms with Gasteiger partial charge >= 0.3 is 0 Å². The number of carbonyl (C=O) groups is 2. The molecule has 1 fully saturated rings. The summed E-state index contributed by atoms with van der Waals surface area (Å²) in [6.07, 6.45) is 0. The second-order valence-electron chi connectivity index (χ2n) is 9.79. The molecule has 4 rings (SSSR count). The van der Waals surface area contributed by atoms with Crippen LogP contribution >= 0.6 is 0 Å². The topological polar surface area (TPSA) is 87.1 Å². The average Bonchev–Trinajstić information content (AvgIpc) is 3.08. The second kappa shape index (κ2) is 9.90. The minimum atomic E-state index is -0.857. The quantitative estimate of drug-likeness (QED) is 0.255. The number of ether oxygens (including phenoxy) is 1. The molecule has 0 aromatic heterocycles. The third kappa shape index (κ3) is 4.85. The lowest BCUT2D eigenvalue weighted by atomic mass is 9.94. The highest BCUT2D eigenvalue weighted by Crippen LogP contribution is 2.43. The van der Waals surface area contributed by atoms with Gasteiger partial charge in [0.2, 0.25) is 0 Å². The second-order valence-corrected chi connectivity index (χ2v) is 9.79. The largest absolute Gasteiger partial charge is 0.508 e. The maximum Gasteiger partial charge on any atom is 0.300 e. The molecule has 1 aliphatic rings. The fourth-order valence-electron chi connectivity index (χ4n) is 4.53. The molecule has 1 atom stereocenters. The fraction of sp³-hybridized carbons (Fsp3) is 0.267. The van der Waals surface area contributed by atoms with Crippen LogP contribution < -0.4 is 9.64 Å². The van der Waals surface area contributed by atoms with Gasteiger partial charge in [0.1, 0.15) is 17.3 Å². The van der Waals surface area contributed by atoms with Crippen LogP contribution in [-0.2, 0) is 9.59 Å².